The van der Waals surface area contributed by atoms with E-state index in [4.69, 9.17) is 9.15 Å². The number of hydrogen-bond donors (Lipinski definition) is 1. The van der Waals surface area contributed by atoms with Crippen LogP contribution in [0.5, 0.6) is 0 Å². The Kier molecular flexibility index (Phi) is 6.11. The third-order valence-electron chi connectivity index (χ3n) is 4.24. The summed E-state index contributed by atoms with van der Waals surface area (Å²) in [7, 11) is -2.96. The highest BCUT2D eigenvalue weighted by atomic mass is 32.2. The summed E-state index contributed by atoms with van der Waals surface area (Å²) in [6.45, 7) is 1.40. The van der Waals surface area contributed by atoms with E-state index < -0.39 is 21.7 Å². The molecule has 0 radical (unpaired) electrons. The van der Waals surface area contributed by atoms with Crippen molar-refractivity contribution in [2.24, 2.45) is 0 Å². The highest BCUT2D eigenvalue weighted by Crippen LogP contribution is 2.25. The number of amides is 1. The van der Waals surface area contributed by atoms with Crippen LogP contribution in [0.1, 0.15) is 25.1 Å². The lowest BCUT2D eigenvalue weighted by Crippen LogP contribution is -2.31. The van der Waals surface area contributed by atoms with E-state index in [9.17, 15) is 18.0 Å². The molecule has 146 valence electrons. The van der Waals surface area contributed by atoms with Crippen molar-refractivity contribution < 1.29 is 27.2 Å². The number of nitrogens with one attached hydrogen (secondary N) is 1. The van der Waals surface area contributed by atoms with Crippen molar-refractivity contribution in [1.29, 1.82) is 0 Å². The number of furan rings is 1. The van der Waals surface area contributed by atoms with Crippen LogP contribution in [0, 0.1) is 0 Å². The Labute approximate surface area is 161 Å². The number of rotatable bonds is 7. The molecule has 9 heteroatoms. The second-order valence-electron chi connectivity index (χ2n) is 6.47. The Bertz CT molecular complexity index is 903. The van der Waals surface area contributed by atoms with Gasteiger partial charge in [0.05, 0.1) is 23.3 Å². The first kappa shape index (κ1) is 19.8. The Hall–Kier alpha value is -2.00. The second kappa shape index (κ2) is 8.35. The molecule has 2 heterocycles. The number of carbonyl (C=O) groups excluding carboxylic acids is 2. The van der Waals surface area contributed by atoms with Gasteiger partial charge in [0.1, 0.15) is 11.3 Å². The number of para-hydroxylation sites is 1. The molecule has 1 aliphatic rings. The molecular weight excluding hydrogens is 390 g/mol. The second-order valence-corrected chi connectivity index (χ2v) is 9.99. The van der Waals surface area contributed by atoms with Crippen LogP contribution >= 0.6 is 11.8 Å². The van der Waals surface area contributed by atoms with Crippen molar-refractivity contribution in [1.82, 2.24) is 5.32 Å². The fourth-order valence-corrected chi connectivity index (χ4v) is 6.28. The lowest BCUT2D eigenvalue weighted by molar-refractivity contribution is -0.146. The van der Waals surface area contributed by atoms with Gasteiger partial charge in [-0.3, -0.25) is 9.59 Å². The van der Waals surface area contributed by atoms with Gasteiger partial charge in [0, 0.05) is 10.6 Å². The van der Waals surface area contributed by atoms with E-state index >= 15 is 0 Å². The zero-order valence-corrected chi connectivity index (χ0v) is 16.5. The summed E-state index contributed by atoms with van der Waals surface area (Å²) >= 11 is 1.26. The summed E-state index contributed by atoms with van der Waals surface area (Å²) in [5.41, 5.74) is 0.742. The van der Waals surface area contributed by atoms with Gasteiger partial charge < -0.3 is 14.5 Å². The van der Waals surface area contributed by atoms with E-state index in [1.807, 2.05) is 30.3 Å². The van der Waals surface area contributed by atoms with Crippen LogP contribution in [-0.4, -0.2) is 49.4 Å². The standard InChI is InChI=1S/C18H21NO6S2/c1-12(16-8-13-4-2-3-5-15(13)25-16)19-17(20)9-24-18(21)10-26-14-6-7-27(22,23)11-14/h2-5,8,12,14H,6-7,9-11H2,1H3,(H,19,20)/t12-,14+/m0/s1. The van der Waals surface area contributed by atoms with Gasteiger partial charge in [-0.1, -0.05) is 18.2 Å². The smallest absolute Gasteiger partial charge is 0.316 e. The van der Waals surface area contributed by atoms with Crippen LogP contribution in [0.2, 0.25) is 0 Å². The summed E-state index contributed by atoms with van der Waals surface area (Å²) in [6, 6.07) is 9.05. The summed E-state index contributed by atoms with van der Waals surface area (Å²) < 4.78 is 33.4. The van der Waals surface area contributed by atoms with Crippen molar-refractivity contribution in [3.63, 3.8) is 0 Å². The number of benzene rings is 1. The average Bonchev–Trinajstić information content (AvgIpc) is 3.21. The summed E-state index contributed by atoms with van der Waals surface area (Å²) in [5.74, 6) is -0.0380. The molecule has 1 aliphatic heterocycles. The molecule has 2 aromatic rings. The first-order chi connectivity index (χ1) is 12.8. The van der Waals surface area contributed by atoms with E-state index in [0.717, 1.165) is 11.0 Å². The molecular formula is C18H21NO6S2. The number of hydrogen-bond acceptors (Lipinski definition) is 7. The minimum atomic E-state index is -2.96. The molecule has 1 aromatic heterocycles. The molecule has 27 heavy (non-hydrogen) atoms. The Morgan fingerprint density at radius 1 is 1.37 bits per heavy atom. The normalized spacial score (nSPS) is 19.7. The predicted molar refractivity (Wildman–Crippen MR) is 103 cm³/mol. The highest BCUT2D eigenvalue weighted by Gasteiger charge is 2.28. The zero-order valence-electron chi connectivity index (χ0n) is 14.8. The maximum atomic E-state index is 12.0. The van der Waals surface area contributed by atoms with Gasteiger partial charge in [-0.15, -0.1) is 11.8 Å². The number of sulfone groups is 1. The van der Waals surface area contributed by atoms with Gasteiger partial charge in [-0.25, -0.2) is 8.42 Å². The minimum absolute atomic E-state index is 0.0343. The third kappa shape index (κ3) is 5.49. The molecule has 1 fully saturated rings. The van der Waals surface area contributed by atoms with Crippen molar-refractivity contribution >= 4 is 44.4 Å². The molecule has 1 aromatic carbocycles. The number of esters is 1. The van der Waals surface area contributed by atoms with Crippen LogP contribution in [0.15, 0.2) is 34.7 Å². The van der Waals surface area contributed by atoms with E-state index in [-0.39, 0.29) is 35.2 Å². The van der Waals surface area contributed by atoms with Gasteiger partial charge >= 0.3 is 5.97 Å². The van der Waals surface area contributed by atoms with Crippen molar-refractivity contribution in [3.8, 4) is 0 Å². The number of ether oxygens (including phenoxy) is 1. The minimum Gasteiger partial charge on any atom is -0.459 e. The number of carbonyl (C=O) groups is 2. The Morgan fingerprint density at radius 2 is 2.15 bits per heavy atom. The van der Waals surface area contributed by atoms with Crippen LogP contribution in [0.4, 0.5) is 0 Å². The van der Waals surface area contributed by atoms with Crippen LogP contribution in [0.25, 0.3) is 11.0 Å². The maximum absolute atomic E-state index is 12.0. The SMILES string of the molecule is C[C@H](NC(=O)COC(=O)CS[C@@H]1CCS(=O)(=O)C1)c1cc2ccccc2o1. The largest absolute Gasteiger partial charge is 0.459 e. The van der Waals surface area contributed by atoms with Gasteiger partial charge in [0.25, 0.3) is 5.91 Å². The van der Waals surface area contributed by atoms with Crippen molar-refractivity contribution in [3.05, 3.63) is 36.1 Å². The highest BCUT2D eigenvalue weighted by molar-refractivity contribution is 8.02. The Balaban J connectivity index is 1.40. The van der Waals surface area contributed by atoms with Crippen LogP contribution < -0.4 is 5.32 Å². The molecule has 1 saturated heterocycles. The monoisotopic (exact) mass is 411 g/mol. The zero-order chi connectivity index (χ0) is 19.4. The average molecular weight is 412 g/mol. The third-order valence-corrected chi connectivity index (χ3v) is 7.50. The van der Waals surface area contributed by atoms with Gasteiger partial charge in [0.15, 0.2) is 16.4 Å². The van der Waals surface area contributed by atoms with Crippen molar-refractivity contribution in [2.45, 2.75) is 24.6 Å². The van der Waals surface area contributed by atoms with Gasteiger partial charge in [0.2, 0.25) is 0 Å². The molecule has 0 spiro atoms. The molecule has 1 N–H and O–H groups in total. The van der Waals surface area contributed by atoms with Crippen molar-refractivity contribution in [2.75, 3.05) is 23.9 Å². The molecule has 2 atom stereocenters. The summed E-state index contributed by atoms with van der Waals surface area (Å²) in [5, 5.41) is 3.60. The Morgan fingerprint density at radius 3 is 2.85 bits per heavy atom. The molecule has 7 nitrogen and oxygen atoms in total. The number of fused-ring (bicyclic) bond motifs is 1. The molecule has 0 saturated carbocycles. The van der Waals surface area contributed by atoms with E-state index in [1.165, 1.54) is 11.8 Å². The lowest BCUT2D eigenvalue weighted by atomic mass is 10.2. The van der Waals surface area contributed by atoms with Crippen LogP contribution in [0.3, 0.4) is 0 Å². The van der Waals surface area contributed by atoms with Crippen LogP contribution in [-0.2, 0) is 24.2 Å². The molecule has 0 bridgehead atoms. The van der Waals surface area contributed by atoms with Gasteiger partial charge in [-0.2, -0.15) is 0 Å². The fraction of sp³-hybridized carbons (Fsp3) is 0.444. The molecule has 0 aliphatic carbocycles. The van der Waals surface area contributed by atoms with E-state index in [2.05, 4.69) is 5.32 Å². The maximum Gasteiger partial charge on any atom is 0.316 e. The summed E-state index contributed by atoms with van der Waals surface area (Å²) in [4.78, 5) is 23.7. The summed E-state index contributed by atoms with van der Waals surface area (Å²) in [6.07, 6.45) is 0.551. The fourth-order valence-electron chi connectivity index (χ4n) is 2.84. The molecule has 1 amide bonds. The van der Waals surface area contributed by atoms with E-state index in [0.29, 0.717) is 12.2 Å². The first-order valence-corrected chi connectivity index (χ1v) is 11.4. The first-order valence-electron chi connectivity index (χ1n) is 8.58. The van der Waals surface area contributed by atoms with Gasteiger partial charge in [-0.05, 0) is 25.5 Å². The number of thioether (sulfide) groups is 1. The molecule has 3 rings (SSSR count). The molecule has 0 unspecified atom stereocenters. The topological polar surface area (TPSA) is 103 Å². The van der Waals surface area contributed by atoms with E-state index in [1.54, 1.807) is 6.92 Å². The predicted octanol–water partition coefficient (Wildman–Crippen LogP) is 2.07. The lowest BCUT2D eigenvalue weighted by Gasteiger charge is -2.12. The quantitative estimate of drug-likeness (QED) is 0.696.